The Balaban J connectivity index is 1.44. The summed E-state index contributed by atoms with van der Waals surface area (Å²) in [6.45, 7) is 7.83. The highest BCUT2D eigenvalue weighted by atomic mass is 32.1. The predicted octanol–water partition coefficient (Wildman–Crippen LogP) is 2.56. The van der Waals surface area contributed by atoms with E-state index in [1.165, 1.54) is 0 Å². The van der Waals surface area contributed by atoms with Crippen LogP contribution in [-0.2, 0) is 4.74 Å². The van der Waals surface area contributed by atoms with Gasteiger partial charge in [-0.25, -0.2) is 15.0 Å². The second-order valence-electron chi connectivity index (χ2n) is 6.87. The van der Waals surface area contributed by atoms with Crippen LogP contribution in [0, 0.1) is 13.8 Å². The zero-order valence-electron chi connectivity index (χ0n) is 14.9. The fraction of sp³-hybridized carbons (Fsp3) is 0.611. The quantitative estimate of drug-likeness (QED) is 0.905. The second-order valence-corrected chi connectivity index (χ2v) is 8.08. The minimum Gasteiger partial charge on any atom is -0.381 e. The second kappa shape index (κ2) is 7.35. The van der Waals surface area contributed by atoms with Crippen LogP contribution in [0.1, 0.15) is 30.0 Å². The highest BCUT2D eigenvalue weighted by Crippen LogP contribution is 2.29. The summed E-state index contributed by atoms with van der Waals surface area (Å²) in [5, 5.41) is 4.87. The molecule has 4 heterocycles. The minimum atomic E-state index is 0.516. The van der Waals surface area contributed by atoms with E-state index in [9.17, 15) is 0 Å². The number of hydrogen-bond acceptors (Lipinski definition) is 7. The first-order valence-electron chi connectivity index (χ1n) is 9.05. The molecule has 0 radical (unpaired) electrons. The maximum atomic E-state index is 5.45. The van der Waals surface area contributed by atoms with Gasteiger partial charge in [-0.15, -0.1) is 11.3 Å². The van der Waals surface area contributed by atoms with E-state index >= 15 is 0 Å². The number of aryl methyl sites for hydroxylation is 2. The molecular formula is C18H25N5OS. The zero-order valence-corrected chi connectivity index (χ0v) is 15.7. The van der Waals surface area contributed by atoms with E-state index in [0.29, 0.717) is 12.1 Å². The fourth-order valence-electron chi connectivity index (χ4n) is 3.67. The normalized spacial score (nSPS) is 21.8. The Kier molecular flexibility index (Phi) is 4.96. The van der Waals surface area contributed by atoms with Crippen LogP contribution in [0.5, 0.6) is 0 Å². The third-order valence-electron chi connectivity index (χ3n) is 4.94. The van der Waals surface area contributed by atoms with Crippen molar-refractivity contribution in [3.05, 3.63) is 23.0 Å². The number of ether oxygens (including phenoxy) is 1. The van der Waals surface area contributed by atoms with Gasteiger partial charge in [-0.2, -0.15) is 0 Å². The number of nitrogens with zero attached hydrogens (tertiary/aromatic N) is 4. The summed E-state index contributed by atoms with van der Waals surface area (Å²) in [7, 11) is 0. The van der Waals surface area contributed by atoms with Crippen LogP contribution in [-0.4, -0.2) is 53.3 Å². The Hall–Kier alpha value is -1.57. The van der Waals surface area contributed by atoms with E-state index in [-0.39, 0.29) is 0 Å². The molecule has 0 aromatic carbocycles. The molecule has 0 aliphatic carbocycles. The number of nitrogens with one attached hydrogen (secondary N) is 1. The molecule has 0 spiro atoms. The summed E-state index contributed by atoms with van der Waals surface area (Å²) >= 11 is 1.70. The van der Waals surface area contributed by atoms with Gasteiger partial charge in [0.05, 0.1) is 21.3 Å². The van der Waals surface area contributed by atoms with Crippen molar-refractivity contribution in [1.29, 1.82) is 0 Å². The van der Waals surface area contributed by atoms with Gasteiger partial charge in [0.15, 0.2) is 0 Å². The Morgan fingerprint density at radius 3 is 2.76 bits per heavy atom. The lowest BCUT2D eigenvalue weighted by Gasteiger charge is -2.26. The van der Waals surface area contributed by atoms with Crippen molar-refractivity contribution < 1.29 is 4.74 Å². The van der Waals surface area contributed by atoms with Gasteiger partial charge in [-0.1, -0.05) is 0 Å². The lowest BCUT2D eigenvalue weighted by molar-refractivity contribution is 0.0755. The molecule has 2 fully saturated rings. The molecule has 1 unspecified atom stereocenters. The lowest BCUT2D eigenvalue weighted by Crippen LogP contribution is -2.43. The summed E-state index contributed by atoms with van der Waals surface area (Å²) in [5.41, 5.74) is 2.03. The Labute approximate surface area is 152 Å². The van der Waals surface area contributed by atoms with Gasteiger partial charge in [0.2, 0.25) is 5.95 Å². The molecule has 2 aliphatic heterocycles. The Morgan fingerprint density at radius 2 is 2.00 bits per heavy atom. The molecule has 4 rings (SSSR count). The van der Waals surface area contributed by atoms with Crippen molar-refractivity contribution in [2.24, 2.45) is 0 Å². The van der Waals surface area contributed by atoms with E-state index < -0.39 is 0 Å². The third kappa shape index (κ3) is 3.83. The molecule has 2 saturated heterocycles. The molecule has 25 heavy (non-hydrogen) atoms. The van der Waals surface area contributed by atoms with Crippen LogP contribution < -0.4 is 10.2 Å². The molecule has 6 nitrogen and oxygen atoms in total. The monoisotopic (exact) mass is 359 g/mol. The van der Waals surface area contributed by atoms with E-state index in [2.05, 4.69) is 20.2 Å². The topological polar surface area (TPSA) is 63.2 Å². The van der Waals surface area contributed by atoms with Crippen LogP contribution in [0.4, 0.5) is 5.95 Å². The van der Waals surface area contributed by atoms with Gasteiger partial charge >= 0.3 is 0 Å². The van der Waals surface area contributed by atoms with E-state index in [1.807, 2.05) is 26.1 Å². The van der Waals surface area contributed by atoms with Gasteiger partial charge in [0.25, 0.3) is 0 Å². The van der Waals surface area contributed by atoms with Gasteiger partial charge in [-0.3, -0.25) is 0 Å². The molecule has 2 aromatic heterocycles. The number of thiazole rings is 1. The Morgan fingerprint density at radius 1 is 1.16 bits per heavy atom. The van der Waals surface area contributed by atoms with E-state index in [4.69, 9.17) is 9.72 Å². The first-order valence-corrected chi connectivity index (χ1v) is 9.87. The number of rotatable bonds is 4. The summed E-state index contributed by atoms with van der Waals surface area (Å²) in [6, 6.07) is 3.09. The molecule has 2 aliphatic rings. The smallest absolute Gasteiger partial charge is 0.225 e. The predicted molar refractivity (Wildman–Crippen MR) is 100 cm³/mol. The molecule has 0 saturated carbocycles. The molecule has 2 aromatic rings. The van der Waals surface area contributed by atoms with Crippen LogP contribution >= 0.6 is 11.3 Å². The van der Waals surface area contributed by atoms with Gasteiger partial charge < -0.3 is 15.0 Å². The van der Waals surface area contributed by atoms with Crippen molar-refractivity contribution in [1.82, 2.24) is 20.3 Å². The summed E-state index contributed by atoms with van der Waals surface area (Å²) < 4.78 is 5.45. The highest BCUT2D eigenvalue weighted by Gasteiger charge is 2.27. The van der Waals surface area contributed by atoms with E-state index in [0.717, 1.165) is 72.8 Å². The highest BCUT2D eigenvalue weighted by molar-refractivity contribution is 7.15. The van der Waals surface area contributed by atoms with Crippen LogP contribution in [0.25, 0.3) is 10.6 Å². The number of aromatic nitrogens is 3. The van der Waals surface area contributed by atoms with Crippen molar-refractivity contribution in [2.45, 2.75) is 45.2 Å². The zero-order chi connectivity index (χ0) is 17.2. The fourth-order valence-corrected chi connectivity index (χ4v) is 4.56. The Bertz CT molecular complexity index is 728. The molecule has 7 heteroatoms. The SMILES string of the molecule is Cc1nc(C)c(-c2ccnc(N3CCC(NC4CCOCC4)C3)n2)s1. The van der Waals surface area contributed by atoms with Crippen LogP contribution in [0.15, 0.2) is 12.3 Å². The maximum absolute atomic E-state index is 5.45. The first-order chi connectivity index (χ1) is 12.2. The number of hydrogen-bond donors (Lipinski definition) is 1. The van der Waals surface area contributed by atoms with Crippen molar-refractivity contribution in [3.63, 3.8) is 0 Å². The molecular weight excluding hydrogens is 334 g/mol. The van der Waals surface area contributed by atoms with Crippen molar-refractivity contribution >= 4 is 17.3 Å². The molecule has 1 atom stereocenters. The molecule has 0 bridgehead atoms. The third-order valence-corrected chi connectivity index (χ3v) is 6.04. The van der Waals surface area contributed by atoms with Gasteiger partial charge in [-0.05, 0) is 39.2 Å². The first kappa shape index (κ1) is 16.9. The standard InChI is InChI=1S/C18H25N5OS/c1-12-17(25-13(2)20-12)16-3-7-19-18(22-16)23-8-4-15(11-23)21-14-5-9-24-10-6-14/h3,7,14-15,21H,4-6,8-11H2,1-2H3. The van der Waals surface area contributed by atoms with Gasteiger partial charge in [0.1, 0.15) is 0 Å². The summed E-state index contributed by atoms with van der Waals surface area (Å²) in [4.78, 5) is 17.3. The average Bonchev–Trinajstić information content (AvgIpc) is 3.22. The summed E-state index contributed by atoms with van der Waals surface area (Å²) in [5.74, 6) is 0.833. The summed E-state index contributed by atoms with van der Waals surface area (Å²) in [6.07, 6.45) is 5.24. The molecule has 1 N–H and O–H groups in total. The van der Waals surface area contributed by atoms with Crippen molar-refractivity contribution in [3.8, 4) is 10.6 Å². The average molecular weight is 359 g/mol. The maximum Gasteiger partial charge on any atom is 0.225 e. The minimum absolute atomic E-state index is 0.516. The van der Waals surface area contributed by atoms with Crippen molar-refractivity contribution in [2.75, 3.05) is 31.2 Å². The van der Waals surface area contributed by atoms with Crippen LogP contribution in [0.2, 0.25) is 0 Å². The number of anilines is 1. The van der Waals surface area contributed by atoms with E-state index in [1.54, 1.807) is 11.3 Å². The molecule has 134 valence electrons. The largest absolute Gasteiger partial charge is 0.381 e. The van der Waals surface area contributed by atoms with Gasteiger partial charge in [0, 0.05) is 44.6 Å². The van der Waals surface area contributed by atoms with Crippen LogP contribution in [0.3, 0.4) is 0 Å². The lowest BCUT2D eigenvalue weighted by atomic mass is 10.1. The molecule has 0 amide bonds.